The van der Waals surface area contributed by atoms with Crippen molar-refractivity contribution in [3.05, 3.63) is 60.7 Å². The van der Waals surface area contributed by atoms with E-state index >= 15 is 0 Å². The Labute approximate surface area is 179 Å². The molecule has 0 unspecified atom stereocenters. The highest BCUT2D eigenvalue weighted by molar-refractivity contribution is 5.58. The number of allylic oxidation sites excluding steroid dienone is 1. The number of aliphatic hydroxyl groups is 1. The first kappa shape index (κ1) is 22.0. The molecular weight excluding hydrogens is 380 g/mol. The van der Waals surface area contributed by atoms with Crippen LogP contribution in [0, 0.1) is 0 Å². The monoisotopic (exact) mass is 413 g/mol. The van der Waals surface area contributed by atoms with Gasteiger partial charge in [0.15, 0.2) is 11.5 Å². The molecule has 0 bridgehead atoms. The van der Waals surface area contributed by atoms with Gasteiger partial charge in [0.05, 0.1) is 46.1 Å². The molecule has 2 aromatic rings. The molecule has 1 aliphatic rings. The van der Waals surface area contributed by atoms with Gasteiger partial charge in [-0.05, 0) is 36.2 Å². The first-order valence-corrected chi connectivity index (χ1v) is 10.4. The molecule has 1 heterocycles. The third-order valence-corrected chi connectivity index (χ3v) is 5.46. The van der Waals surface area contributed by atoms with Crippen molar-refractivity contribution in [2.75, 3.05) is 58.5 Å². The second-order valence-corrected chi connectivity index (χ2v) is 7.56. The van der Waals surface area contributed by atoms with E-state index in [1.54, 1.807) is 14.2 Å². The number of para-hydroxylation sites is 2. The fourth-order valence-corrected chi connectivity index (χ4v) is 3.86. The van der Waals surface area contributed by atoms with Crippen LogP contribution in [0.1, 0.15) is 5.56 Å². The van der Waals surface area contributed by atoms with Gasteiger partial charge >= 0.3 is 0 Å². The first-order chi connectivity index (χ1) is 14.6. The van der Waals surface area contributed by atoms with Crippen LogP contribution in [0.4, 0.5) is 5.69 Å². The SMILES string of the molecule is C=CCc1ccc(OC[C@H](O)C[NH+]2CCN(c3ccccc3OC)CC2)c(OC)c1. The highest BCUT2D eigenvalue weighted by Gasteiger charge is 2.24. The Hall–Kier alpha value is -2.70. The number of methoxy groups -OCH3 is 2. The molecule has 0 radical (unpaired) electrons. The minimum Gasteiger partial charge on any atom is -0.495 e. The molecule has 1 atom stereocenters. The molecule has 2 aromatic carbocycles. The van der Waals surface area contributed by atoms with Crippen molar-refractivity contribution in [2.24, 2.45) is 0 Å². The van der Waals surface area contributed by atoms with Crippen molar-refractivity contribution in [2.45, 2.75) is 12.5 Å². The zero-order valence-electron chi connectivity index (χ0n) is 18.0. The summed E-state index contributed by atoms with van der Waals surface area (Å²) in [5, 5.41) is 10.5. The summed E-state index contributed by atoms with van der Waals surface area (Å²) in [6.45, 7) is 8.47. The van der Waals surface area contributed by atoms with E-state index in [0.717, 1.165) is 49.6 Å². The molecule has 162 valence electrons. The van der Waals surface area contributed by atoms with Crippen LogP contribution in [-0.2, 0) is 6.42 Å². The molecule has 1 fully saturated rings. The summed E-state index contributed by atoms with van der Waals surface area (Å²) in [7, 11) is 3.33. The number of quaternary nitrogens is 1. The largest absolute Gasteiger partial charge is 0.495 e. The second kappa shape index (κ2) is 10.9. The molecule has 30 heavy (non-hydrogen) atoms. The minimum atomic E-state index is -0.532. The molecule has 2 N–H and O–H groups in total. The van der Waals surface area contributed by atoms with Gasteiger partial charge in [0, 0.05) is 0 Å². The van der Waals surface area contributed by atoms with Crippen LogP contribution in [0.2, 0.25) is 0 Å². The maximum Gasteiger partial charge on any atom is 0.161 e. The predicted molar refractivity (Wildman–Crippen MR) is 119 cm³/mol. The Kier molecular flexibility index (Phi) is 7.99. The molecule has 1 aliphatic heterocycles. The molecule has 0 aliphatic carbocycles. The van der Waals surface area contributed by atoms with Crippen LogP contribution in [0.15, 0.2) is 55.1 Å². The number of nitrogens with zero attached hydrogens (tertiary/aromatic N) is 1. The molecule has 6 heteroatoms. The number of ether oxygens (including phenoxy) is 3. The molecule has 0 amide bonds. The smallest absolute Gasteiger partial charge is 0.161 e. The number of benzene rings is 2. The van der Waals surface area contributed by atoms with Gasteiger partial charge in [-0.1, -0.05) is 24.3 Å². The normalized spacial score (nSPS) is 15.5. The lowest BCUT2D eigenvalue weighted by Crippen LogP contribution is -3.16. The van der Waals surface area contributed by atoms with E-state index < -0.39 is 6.10 Å². The van der Waals surface area contributed by atoms with Crippen LogP contribution in [-0.4, -0.2) is 64.8 Å². The number of hydrogen-bond acceptors (Lipinski definition) is 5. The van der Waals surface area contributed by atoms with E-state index in [1.807, 2.05) is 42.5 Å². The molecule has 6 nitrogen and oxygen atoms in total. The average Bonchev–Trinajstić information content (AvgIpc) is 2.78. The lowest BCUT2D eigenvalue weighted by Gasteiger charge is -2.35. The van der Waals surface area contributed by atoms with Crippen molar-refractivity contribution < 1.29 is 24.2 Å². The topological polar surface area (TPSA) is 55.6 Å². The molecule has 0 spiro atoms. The average molecular weight is 414 g/mol. The van der Waals surface area contributed by atoms with Gasteiger partial charge in [0.25, 0.3) is 0 Å². The summed E-state index contributed by atoms with van der Waals surface area (Å²) in [5.74, 6) is 2.24. The molecule has 1 saturated heterocycles. The standard InChI is InChI=1S/C24H32N2O4/c1-4-7-19-10-11-23(24(16-19)29-3)30-18-20(27)17-25-12-14-26(15-13-25)21-8-5-6-9-22(21)28-2/h4-6,8-11,16,20,27H,1,7,12-15,17-18H2,2-3H3/p+1/t20-/m1/s1. The fourth-order valence-electron chi connectivity index (χ4n) is 3.86. The van der Waals surface area contributed by atoms with Gasteiger partial charge in [0.1, 0.15) is 25.0 Å². The second-order valence-electron chi connectivity index (χ2n) is 7.56. The summed E-state index contributed by atoms with van der Waals surface area (Å²) in [6.07, 6.45) is 2.11. The first-order valence-electron chi connectivity index (χ1n) is 10.4. The van der Waals surface area contributed by atoms with Crippen LogP contribution >= 0.6 is 0 Å². The summed E-state index contributed by atoms with van der Waals surface area (Å²) < 4.78 is 16.8. The van der Waals surface area contributed by atoms with Gasteiger partial charge in [-0.15, -0.1) is 6.58 Å². The highest BCUT2D eigenvalue weighted by atomic mass is 16.5. The number of piperazine rings is 1. The van der Waals surface area contributed by atoms with Gasteiger partial charge in [-0.3, -0.25) is 0 Å². The Morgan fingerprint density at radius 1 is 1.07 bits per heavy atom. The molecule has 3 rings (SSSR count). The number of rotatable bonds is 10. The Bertz CT molecular complexity index is 819. The van der Waals surface area contributed by atoms with Crippen LogP contribution in [0.25, 0.3) is 0 Å². The fraction of sp³-hybridized carbons (Fsp3) is 0.417. The van der Waals surface area contributed by atoms with Crippen LogP contribution in [0.5, 0.6) is 17.2 Å². The number of nitrogens with one attached hydrogen (secondary N) is 1. The lowest BCUT2D eigenvalue weighted by atomic mass is 10.1. The number of aliphatic hydroxyl groups excluding tert-OH is 1. The van der Waals surface area contributed by atoms with Gasteiger partial charge < -0.3 is 29.1 Å². The summed E-state index contributed by atoms with van der Waals surface area (Å²) in [6, 6.07) is 14.0. The van der Waals surface area contributed by atoms with Crippen molar-refractivity contribution in [3.63, 3.8) is 0 Å². The van der Waals surface area contributed by atoms with Crippen molar-refractivity contribution in [3.8, 4) is 17.2 Å². The maximum atomic E-state index is 10.5. The van der Waals surface area contributed by atoms with Gasteiger partial charge in [-0.25, -0.2) is 0 Å². The third kappa shape index (κ3) is 5.68. The third-order valence-electron chi connectivity index (χ3n) is 5.46. The lowest BCUT2D eigenvalue weighted by molar-refractivity contribution is -0.903. The van der Waals surface area contributed by atoms with Crippen molar-refractivity contribution >= 4 is 5.69 Å². The number of hydrogen-bond donors (Lipinski definition) is 2. The van der Waals surface area contributed by atoms with Crippen molar-refractivity contribution in [1.82, 2.24) is 0 Å². The molecular formula is C24H33N2O4+. The Morgan fingerprint density at radius 2 is 1.80 bits per heavy atom. The zero-order chi connectivity index (χ0) is 21.3. The summed E-state index contributed by atoms with van der Waals surface area (Å²) in [5.41, 5.74) is 2.25. The predicted octanol–water partition coefficient (Wildman–Crippen LogP) is 1.58. The Balaban J connectivity index is 1.47. The maximum absolute atomic E-state index is 10.5. The van der Waals surface area contributed by atoms with E-state index in [-0.39, 0.29) is 6.61 Å². The van der Waals surface area contributed by atoms with Gasteiger partial charge in [-0.2, -0.15) is 0 Å². The van der Waals surface area contributed by atoms with E-state index in [4.69, 9.17) is 14.2 Å². The Morgan fingerprint density at radius 3 is 2.50 bits per heavy atom. The van der Waals surface area contributed by atoms with E-state index in [1.165, 1.54) is 4.90 Å². The quantitative estimate of drug-likeness (QED) is 0.580. The van der Waals surface area contributed by atoms with Crippen LogP contribution < -0.4 is 24.0 Å². The number of anilines is 1. The molecule has 0 aromatic heterocycles. The van der Waals surface area contributed by atoms with E-state index in [0.29, 0.717) is 18.0 Å². The van der Waals surface area contributed by atoms with Crippen LogP contribution in [0.3, 0.4) is 0 Å². The van der Waals surface area contributed by atoms with E-state index in [9.17, 15) is 5.11 Å². The summed E-state index contributed by atoms with van der Waals surface area (Å²) in [4.78, 5) is 3.73. The minimum absolute atomic E-state index is 0.247. The van der Waals surface area contributed by atoms with Crippen molar-refractivity contribution in [1.29, 1.82) is 0 Å². The summed E-state index contributed by atoms with van der Waals surface area (Å²) >= 11 is 0. The van der Waals surface area contributed by atoms with E-state index in [2.05, 4.69) is 17.5 Å². The van der Waals surface area contributed by atoms with Gasteiger partial charge in [0.2, 0.25) is 0 Å². The molecule has 0 saturated carbocycles. The highest BCUT2D eigenvalue weighted by Crippen LogP contribution is 2.29. The zero-order valence-corrected chi connectivity index (χ0v) is 18.0.